The Morgan fingerprint density at radius 2 is 1.97 bits per heavy atom. The number of nitrogens with one attached hydrogen (secondary N) is 1. The molecule has 0 spiro atoms. The van der Waals surface area contributed by atoms with Crippen molar-refractivity contribution >= 4 is 33.2 Å². The predicted octanol–water partition coefficient (Wildman–Crippen LogP) is 2.03. The Hall–Kier alpha value is -2.94. The zero-order chi connectivity index (χ0) is 21.0. The fraction of sp³-hybridized carbons (Fsp3) is 0.300. The first-order chi connectivity index (χ1) is 13.8. The van der Waals surface area contributed by atoms with Gasteiger partial charge in [-0.15, -0.1) is 0 Å². The summed E-state index contributed by atoms with van der Waals surface area (Å²) in [4.78, 5) is 25.9. The lowest BCUT2D eigenvalue weighted by Gasteiger charge is -2.22. The number of benzene rings is 2. The normalized spacial score (nSPS) is 14.1. The van der Waals surface area contributed by atoms with Crippen LogP contribution < -0.4 is 14.5 Å². The molecule has 29 heavy (non-hydrogen) atoms. The fourth-order valence-electron chi connectivity index (χ4n) is 3.18. The maximum atomic E-state index is 14.0. The predicted molar refractivity (Wildman–Crippen MR) is 108 cm³/mol. The van der Waals surface area contributed by atoms with Crippen LogP contribution in [0.25, 0.3) is 0 Å². The molecule has 1 fully saturated rings. The molecule has 7 nitrogen and oxygen atoms in total. The van der Waals surface area contributed by atoms with E-state index in [1.165, 1.54) is 18.2 Å². The van der Waals surface area contributed by atoms with Crippen molar-refractivity contribution in [3.8, 4) is 0 Å². The van der Waals surface area contributed by atoms with Gasteiger partial charge in [0.1, 0.15) is 12.4 Å². The van der Waals surface area contributed by atoms with E-state index in [-0.39, 0.29) is 18.1 Å². The lowest BCUT2D eigenvalue weighted by atomic mass is 10.2. The summed E-state index contributed by atoms with van der Waals surface area (Å²) < 4.78 is 38.9. The van der Waals surface area contributed by atoms with E-state index in [0.717, 1.165) is 34.3 Å². The van der Waals surface area contributed by atoms with Crippen LogP contribution in [0.5, 0.6) is 0 Å². The molecule has 1 heterocycles. The molecule has 0 saturated carbocycles. The number of sulfonamides is 1. The molecule has 2 aromatic carbocycles. The van der Waals surface area contributed by atoms with E-state index in [9.17, 15) is 22.4 Å². The van der Waals surface area contributed by atoms with E-state index >= 15 is 0 Å². The summed E-state index contributed by atoms with van der Waals surface area (Å²) >= 11 is 0. The number of halogens is 1. The number of hydrogen-bond acceptors (Lipinski definition) is 4. The Morgan fingerprint density at radius 3 is 2.62 bits per heavy atom. The maximum absolute atomic E-state index is 14.0. The molecule has 0 radical (unpaired) electrons. The average Bonchev–Trinajstić information content (AvgIpc) is 3.10. The average molecular weight is 419 g/mol. The molecule has 9 heteroatoms. The largest absolute Gasteiger partial charge is 0.350 e. The molecule has 1 aliphatic heterocycles. The summed E-state index contributed by atoms with van der Waals surface area (Å²) in [7, 11) is -3.85. The quantitative estimate of drug-likeness (QED) is 0.744. The zero-order valence-corrected chi connectivity index (χ0v) is 16.8. The number of hydrogen-bond donors (Lipinski definition) is 1. The van der Waals surface area contributed by atoms with Gasteiger partial charge in [-0.2, -0.15) is 0 Å². The van der Waals surface area contributed by atoms with Crippen LogP contribution in [0.1, 0.15) is 18.4 Å². The summed E-state index contributed by atoms with van der Waals surface area (Å²) in [5, 5.41) is 2.65. The van der Waals surface area contributed by atoms with Crippen molar-refractivity contribution in [3.05, 3.63) is 59.9 Å². The molecule has 1 N–H and O–H groups in total. The Labute approximate surface area is 169 Å². The molecular formula is C20H22FN3O4S. The maximum Gasteiger partial charge on any atom is 0.241 e. The second-order valence-electron chi connectivity index (χ2n) is 6.82. The van der Waals surface area contributed by atoms with E-state index in [4.69, 9.17) is 0 Å². The summed E-state index contributed by atoms with van der Waals surface area (Å²) in [5.74, 6) is -1.23. The minimum absolute atomic E-state index is 0.0693. The highest BCUT2D eigenvalue weighted by atomic mass is 32.2. The molecule has 2 aromatic rings. The fourth-order valence-corrected chi connectivity index (χ4v) is 4.03. The van der Waals surface area contributed by atoms with Crippen molar-refractivity contribution in [2.75, 3.05) is 28.6 Å². The second-order valence-corrected chi connectivity index (χ2v) is 8.72. The van der Waals surface area contributed by atoms with Gasteiger partial charge in [-0.1, -0.05) is 24.3 Å². The van der Waals surface area contributed by atoms with Crippen LogP contribution in [0.15, 0.2) is 48.5 Å². The van der Waals surface area contributed by atoms with Crippen LogP contribution in [0.2, 0.25) is 0 Å². The van der Waals surface area contributed by atoms with Gasteiger partial charge < -0.3 is 10.2 Å². The number of anilines is 2. The number of carbonyl (C=O) groups excluding carboxylic acids is 2. The minimum atomic E-state index is -3.85. The van der Waals surface area contributed by atoms with Crippen LogP contribution >= 0.6 is 0 Å². The number of nitrogens with zero attached hydrogens (tertiary/aromatic N) is 2. The third-order valence-electron chi connectivity index (χ3n) is 4.59. The van der Waals surface area contributed by atoms with E-state index in [1.807, 2.05) is 12.1 Å². The molecular weight excluding hydrogens is 397 g/mol. The molecule has 1 aliphatic rings. The minimum Gasteiger partial charge on any atom is -0.350 e. The molecule has 1 saturated heterocycles. The van der Waals surface area contributed by atoms with Crippen LogP contribution in [-0.4, -0.2) is 39.6 Å². The van der Waals surface area contributed by atoms with Gasteiger partial charge in [-0.05, 0) is 36.2 Å². The molecule has 2 amide bonds. The van der Waals surface area contributed by atoms with Crippen molar-refractivity contribution < 1.29 is 22.4 Å². The van der Waals surface area contributed by atoms with Crippen molar-refractivity contribution in [2.24, 2.45) is 0 Å². The summed E-state index contributed by atoms with van der Waals surface area (Å²) in [5.41, 5.74) is 1.36. The Kier molecular flexibility index (Phi) is 6.17. The third-order valence-corrected chi connectivity index (χ3v) is 5.72. The topological polar surface area (TPSA) is 86.8 Å². The standard InChI is InChI=1S/C20H22FN3O4S/c1-29(27,28)24(18-9-3-2-8-17(18)21)14-19(25)22-13-15-6-4-7-16(12-15)23-11-5-10-20(23)26/h2-4,6-9,12H,5,10-11,13-14H2,1H3,(H,22,25). The van der Waals surface area contributed by atoms with Gasteiger partial charge in [0.2, 0.25) is 21.8 Å². The highest BCUT2D eigenvalue weighted by Crippen LogP contribution is 2.23. The van der Waals surface area contributed by atoms with Gasteiger partial charge in [-0.3, -0.25) is 13.9 Å². The van der Waals surface area contributed by atoms with Gasteiger partial charge in [0.15, 0.2) is 0 Å². The number of rotatable bonds is 7. The Balaban J connectivity index is 1.67. The van der Waals surface area contributed by atoms with Crippen LogP contribution in [0.4, 0.5) is 15.8 Å². The molecule has 3 rings (SSSR count). The first kappa shape index (κ1) is 20.8. The highest BCUT2D eigenvalue weighted by Gasteiger charge is 2.24. The van der Waals surface area contributed by atoms with Crippen molar-refractivity contribution in [3.63, 3.8) is 0 Å². The van der Waals surface area contributed by atoms with E-state index in [0.29, 0.717) is 13.0 Å². The SMILES string of the molecule is CS(=O)(=O)N(CC(=O)NCc1cccc(N2CCCC2=O)c1)c1ccccc1F. The molecule has 154 valence electrons. The first-order valence-electron chi connectivity index (χ1n) is 9.14. The Bertz CT molecular complexity index is 1030. The highest BCUT2D eigenvalue weighted by molar-refractivity contribution is 7.92. The van der Waals surface area contributed by atoms with Crippen molar-refractivity contribution in [1.82, 2.24) is 5.32 Å². The summed E-state index contributed by atoms with van der Waals surface area (Å²) in [6, 6.07) is 12.6. The van der Waals surface area contributed by atoms with Crippen LogP contribution in [0.3, 0.4) is 0 Å². The molecule has 0 atom stereocenters. The van der Waals surface area contributed by atoms with Crippen LogP contribution in [-0.2, 0) is 26.2 Å². The molecule has 0 aliphatic carbocycles. The van der Waals surface area contributed by atoms with Crippen molar-refractivity contribution in [1.29, 1.82) is 0 Å². The monoisotopic (exact) mass is 419 g/mol. The lowest BCUT2D eigenvalue weighted by Crippen LogP contribution is -2.40. The zero-order valence-electron chi connectivity index (χ0n) is 16.0. The van der Waals surface area contributed by atoms with Gasteiger partial charge in [0.25, 0.3) is 0 Å². The first-order valence-corrected chi connectivity index (χ1v) is 11.0. The van der Waals surface area contributed by atoms with Gasteiger partial charge in [0.05, 0.1) is 11.9 Å². The number of carbonyl (C=O) groups is 2. The summed E-state index contributed by atoms with van der Waals surface area (Å²) in [6.07, 6.45) is 2.26. The Morgan fingerprint density at radius 1 is 1.21 bits per heavy atom. The summed E-state index contributed by atoms with van der Waals surface area (Å²) in [6.45, 7) is 0.286. The molecule has 0 bridgehead atoms. The van der Waals surface area contributed by atoms with Crippen LogP contribution in [0, 0.1) is 5.82 Å². The lowest BCUT2D eigenvalue weighted by molar-refractivity contribution is -0.120. The molecule has 0 aromatic heterocycles. The van der Waals surface area contributed by atoms with E-state index < -0.39 is 28.3 Å². The molecule has 0 unspecified atom stereocenters. The van der Waals surface area contributed by atoms with Crippen molar-refractivity contribution in [2.45, 2.75) is 19.4 Å². The second kappa shape index (κ2) is 8.60. The van der Waals surface area contributed by atoms with E-state index in [1.54, 1.807) is 17.0 Å². The number of para-hydroxylation sites is 1. The van der Waals surface area contributed by atoms with Gasteiger partial charge in [-0.25, -0.2) is 12.8 Å². The number of amides is 2. The van der Waals surface area contributed by atoms with Gasteiger partial charge in [0, 0.05) is 25.2 Å². The smallest absolute Gasteiger partial charge is 0.241 e. The third kappa shape index (κ3) is 5.11. The van der Waals surface area contributed by atoms with Gasteiger partial charge >= 0.3 is 0 Å². The van der Waals surface area contributed by atoms with E-state index in [2.05, 4.69) is 5.32 Å².